The summed E-state index contributed by atoms with van der Waals surface area (Å²) in [4.78, 5) is 12.0. The lowest BCUT2D eigenvalue weighted by Gasteiger charge is -2.12. The highest BCUT2D eigenvalue weighted by Crippen LogP contribution is 2.27. The monoisotopic (exact) mass is 315 g/mol. The van der Waals surface area contributed by atoms with Crippen molar-refractivity contribution in [2.24, 2.45) is 0 Å². The van der Waals surface area contributed by atoms with E-state index in [1.165, 1.54) is 0 Å². The maximum atomic E-state index is 12.0. The van der Waals surface area contributed by atoms with Gasteiger partial charge >= 0.3 is 0 Å². The van der Waals surface area contributed by atoms with E-state index in [0.717, 1.165) is 11.3 Å². The molecule has 5 nitrogen and oxygen atoms in total. The molecule has 2 rings (SSSR count). The molecule has 23 heavy (non-hydrogen) atoms. The highest BCUT2D eigenvalue weighted by molar-refractivity contribution is 5.94. The Morgan fingerprint density at radius 1 is 1.00 bits per heavy atom. The molecule has 0 unspecified atom stereocenters. The molecule has 0 bridgehead atoms. The van der Waals surface area contributed by atoms with Crippen LogP contribution in [0.2, 0.25) is 0 Å². The predicted molar refractivity (Wildman–Crippen MR) is 88.6 cm³/mol. The summed E-state index contributed by atoms with van der Waals surface area (Å²) in [7, 11) is 3.19. The molecule has 0 aromatic heterocycles. The Morgan fingerprint density at radius 2 is 1.74 bits per heavy atom. The largest absolute Gasteiger partial charge is 0.497 e. The van der Waals surface area contributed by atoms with E-state index in [9.17, 15) is 4.79 Å². The number of hydrogen-bond donors (Lipinski definition) is 1. The Morgan fingerprint density at radius 3 is 2.39 bits per heavy atom. The van der Waals surface area contributed by atoms with Gasteiger partial charge in [0.1, 0.15) is 12.4 Å². The molecule has 0 aliphatic heterocycles. The number of hydrogen-bond acceptors (Lipinski definition) is 4. The number of rotatable bonds is 7. The van der Waals surface area contributed by atoms with Gasteiger partial charge in [0.15, 0.2) is 11.5 Å². The maximum absolute atomic E-state index is 12.0. The molecule has 0 saturated heterocycles. The maximum Gasteiger partial charge on any atom is 0.251 e. The molecule has 0 saturated carbocycles. The summed E-state index contributed by atoms with van der Waals surface area (Å²) in [5.74, 6) is 1.92. The lowest BCUT2D eigenvalue weighted by atomic mass is 10.2. The van der Waals surface area contributed by atoms with Crippen LogP contribution in [0.4, 0.5) is 0 Å². The van der Waals surface area contributed by atoms with Crippen LogP contribution in [-0.4, -0.2) is 33.3 Å². The summed E-state index contributed by atoms with van der Waals surface area (Å²) >= 11 is 0. The average molecular weight is 315 g/mol. The smallest absolute Gasteiger partial charge is 0.251 e. The van der Waals surface area contributed by atoms with Crippen LogP contribution >= 0.6 is 0 Å². The van der Waals surface area contributed by atoms with Crippen molar-refractivity contribution < 1.29 is 19.0 Å². The Bertz CT molecular complexity index is 653. The van der Waals surface area contributed by atoms with Crippen molar-refractivity contribution in [3.63, 3.8) is 0 Å². The van der Waals surface area contributed by atoms with Gasteiger partial charge in [-0.2, -0.15) is 0 Å². The minimum absolute atomic E-state index is 0.146. The van der Waals surface area contributed by atoms with Gasteiger partial charge < -0.3 is 19.5 Å². The van der Waals surface area contributed by atoms with E-state index in [1.807, 2.05) is 25.1 Å². The number of methoxy groups -OCH3 is 2. The summed E-state index contributed by atoms with van der Waals surface area (Å²) in [5, 5.41) is 2.81. The zero-order valence-electron chi connectivity index (χ0n) is 13.6. The Balaban J connectivity index is 1.81. The average Bonchev–Trinajstić information content (AvgIpc) is 2.59. The first-order valence-electron chi connectivity index (χ1n) is 7.33. The second kappa shape index (κ2) is 8.08. The van der Waals surface area contributed by atoms with Crippen molar-refractivity contribution >= 4 is 5.91 Å². The first-order valence-corrected chi connectivity index (χ1v) is 7.33. The molecule has 0 atom stereocenters. The van der Waals surface area contributed by atoms with Gasteiger partial charge in [-0.25, -0.2) is 0 Å². The molecular formula is C18H21NO4. The Labute approximate surface area is 136 Å². The standard InChI is InChI=1S/C18H21NO4/c1-13-4-9-16(17(12-13)22-3)23-11-10-19-18(20)14-5-7-15(21-2)8-6-14/h4-9,12H,10-11H2,1-3H3,(H,19,20). The lowest BCUT2D eigenvalue weighted by molar-refractivity contribution is 0.0947. The third kappa shape index (κ3) is 4.64. The van der Waals surface area contributed by atoms with Gasteiger partial charge in [-0.15, -0.1) is 0 Å². The summed E-state index contributed by atoms with van der Waals surface area (Å²) in [6.07, 6.45) is 0. The van der Waals surface area contributed by atoms with Crippen LogP contribution < -0.4 is 19.5 Å². The number of nitrogens with one attached hydrogen (secondary N) is 1. The van der Waals surface area contributed by atoms with Crippen LogP contribution in [0.25, 0.3) is 0 Å². The van der Waals surface area contributed by atoms with Gasteiger partial charge in [-0.05, 0) is 48.9 Å². The van der Waals surface area contributed by atoms with Crippen molar-refractivity contribution in [2.75, 3.05) is 27.4 Å². The zero-order chi connectivity index (χ0) is 16.7. The van der Waals surface area contributed by atoms with Crippen LogP contribution in [0.1, 0.15) is 15.9 Å². The Hall–Kier alpha value is -2.69. The molecule has 2 aromatic rings. The van der Waals surface area contributed by atoms with Gasteiger partial charge in [0, 0.05) is 5.56 Å². The van der Waals surface area contributed by atoms with Crippen molar-refractivity contribution in [2.45, 2.75) is 6.92 Å². The van der Waals surface area contributed by atoms with Crippen LogP contribution in [0.15, 0.2) is 42.5 Å². The van der Waals surface area contributed by atoms with E-state index in [1.54, 1.807) is 38.5 Å². The quantitative estimate of drug-likeness (QED) is 0.798. The van der Waals surface area contributed by atoms with Crippen molar-refractivity contribution in [3.05, 3.63) is 53.6 Å². The molecule has 1 amide bonds. The first kappa shape index (κ1) is 16.7. The molecule has 0 spiro atoms. The highest BCUT2D eigenvalue weighted by atomic mass is 16.5. The van der Waals surface area contributed by atoms with E-state index in [2.05, 4.69) is 5.32 Å². The van der Waals surface area contributed by atoms with Crippen LogP contribution in [0, 0.1) is 6.92 Å². The number of carbonyl (C=O) groups is 1. The number of ether oxygens (including phenoxy) is 3. The van der Waals surface area contributed by atoms with E-state index in [0.29, 0.717) is 30.2 Å². The molecule has 1 N–H and O–H groups in total. The van der Waals surface area contributed by atoms with Gasteiger partial charge in [0.2, 0.25) is 0 Å². The molecule has 5 heteroatoms. The molecule has 0 aliphatic carbocycles. The molecule has 0 fully saturated rings. The SMILES string of the molecule is COc1ccc(C(=O)NCCOc2ccc(C)cc2OC)cc1. The summed E-state index contributed by atoms with van der Waals surface area (Å²) in [5.41, 5.74) is 1.68. The van der Waals surface area contributed by atoms with Crippen molar-refractivity contribution in [1.29, 1.82) is 0 Å². The normalized spacial score (nSPS) is 10.0. The van der Waals surface area contributed by atoms with Crippen LogP contribution in [-0.2, 0) is 0 Å². The highest BCUT2D eigenvalue weighted by Gasteiger charge is 2.07. The number of benzene rings is 2. The molecular weight excluding hydrogens is 294 g/mol. The Kier molecular flexibility index (Phi) is 5.86. The fraction of sp³-hybridized carbons (Fsp3) is 0.278. The van der Waals surface area contributed by atoms with Gasteiger partial charge in [0.25, 0.3) is 5.91 Å². The third-order valence-electron chi connectivity index (χ3n) is 3.32. The van der Waals surface area contributed by atoms with E-state index >= 15 is 0 Å². The summed E-state index contributed by atoms with van der Waals surface area (Å²) in [6.45, 7) is 2.75. The minimum Gasteiger partial charge on any atom is -0.497 e. The molecule has 0 radical (unpaired) electrons. The van der Waals surface area contributed by atoms with Crippen LogP contribution in [0.5, 0.6) is 17.2 Å². The molecule has 0 aliphatic rings. The van der Waals surface area contributed by atoms with Crippen molar-refractivity contribution in [1.82, 2.24) is 5.32 Å². The van der Waals surface area contributed by atoms with E-state index in [-0.39, 0.29) is 5.91 Å². The predicted octanol–water partition coefficient (Wildman–Crippen LogP) is 2.82. The fourth-order valence-electron chi connectivity index (χ4n) is 2.06. The number of amides is 1. The summed E-state index contributed by atoms with van der Waals surface area (Å²) in [6, 6.07) is 12.7. The van der Waals surface area contributed by atoms with E-state index < -0.39 is 0 Å². The fourth-order valence-corrected chi connectivity index (χ4v) is 2.06. The first-order chi connectivity index (χ1) is 11.1. The summed E-state index contributed by atoms with van der Waals surface area (Å²) < 4.78 is 16.0. The zero-order valence-corrected chi connectivity index (χ0v) is 13.6. The topological polar surface area (TPSA) is 56.8 Å². The number of carbonyl (C=O) groups excluding carboxylic acids is 1. The second-order valence-electron chi connectivity index (χ2n) is 4.99. The van der Waals surface area contributed by atoms with Crippen LogP contribution in [0.3, 0.4) is 0 Å². The minimum atomic E-state index is -0.146. The molecule has 2 aromatic carbocycles. The van der Waals surface area contributed by atoms with Gasteiger partial charge in [-0.1, -0.05) is 6.07 Å². The number of aryl methyl sites for hydroxylation is 1. The molecule has 122 valence electrons. The van der Waals surface area contributed by atoms with E-state index in [4.69, 9.17) is 14.2 Å². The van der Waals surface area contributed by atoms with Gasteiger partial charge in [-0.3, -0.25) is 4.79 Å². The van der Waals surface area contributed by atoms with Gasteiger partial charge in [0.05, 0.1) is 20.8 Å². The lowest BCUT2D eigenvalue weighted by Crippen LogP contribution is -2.28. The van der Waals surface area contributed by atoms with Crippen molar-refractivity contribution in [3.8, 4) is 17.2 Å². The second-order valence-corrected chi connectivity index (χ2v) is 4.99. The third-order valence-corrected chi connectivity index (χ3v) is 3.32. The molecule has 0 heterocycles.